The van der Waals surface area contributed by atoms with Gasteiger partial charge in [-0.3, -0.25) is 4.79 Å². The van der Waals surface area contributed by atoms with Crippen LogP contribution in [-0.4, -0.2) is 48.9 Å². The number of hydrogen-bond acceptors (Lipinski definition) is 4. The maximum Gasteiger partial charge on any atom is 0.328 e. The zero-order valence-electron chi connectivity index (χ0n) is 13.4. The van der Waals surface area contributed by atoms with Crippen LogP contribution in [0.4, 0.5) is 0 Å². The van der Waals surface area contributed by atoms with Crippen molar-refractivity contribution in [2.45, 2.75) is 70.8 Å². The van der Waals surface area contributed by atoms with Crippen LogP contribution in [0.2, 0.25) is 0 Å². The quantitative estimate of drug-likeness (QED) is 0.463. The summed E-state index contributed by atoms with van der Waals surface area (Å²) in [7, 11) is 0. The third-order valence-corrected chi connectivity index (χ3v) is 3.56. The van der Waals surface area contributed by atoms with Crippen LogP contribution >= 0.6 is 0 Å². The van der Waals surface area contributed by atoms with Crippen molar-refractivity contribution in [3.05, 3.63) is 0 Å². The minimum atomic E-state index is -0.475. The maximum atomic E-state index is 11.7. The van der Waals surface area contributed by atoms with Gasteiger partial charge in [0.2, 0.25) is 0 Å². The Morgan fingerprint density at radius 1 is 1.38 bits per heavy atom. The molecule has 2 aliphatic heterocycles. The molecule has 120 valence electrons. The lowest BCUT2D eigenvalue weighted by molar-refractivity contribution is -0.152. The molecule has 6 nitrogen and oxygen atoms in total. The van der Waals surface area contributed by atoms with E-state index >= 15 is 0 Å². The molecule has 0 aromatic rings. The first-order valence-electron chi connectivity index (χ1n) is 7.79. The molecule has 0 aromatic heterocycles. The smallest absolute Gasteiger partial charge is 0.328 e. The van der Waals surface area contributed by atoms with Gasteiger partial charge in [-0.25, -0.2) is 4.99 Å². The third kappa shape index (κ3) is 4.88. The fraction of sp³-hybridized carbons (Fsp3) is 0.867. The lowest BCUT2D eigenvalue weighted by atomic mass is 9.96. The molecule has 0 radical (unpaired) electrons. The van der Waals surface area contributed by atoms with E-state index in [1.807, 2.05) is 27.7 Å². The van der Waals surface area contributed by atoms with E-state index in [0.717, 1.165) is 25.8 Å². The fourth-order valence-electron chi connectivity index (χ4n) is 2.80. The first-order chi connectivity index (χ1) is 9.87. The molecule has 3 unspecified atom stereocenters. The monoisotopic (exact) mass is 297 g/mol. The van der Waals surface area contributed by atoms with Gasteiger partial charge in [0, 0.05) is 6.54 Å². The second-order valence-electron chi connectivity index (χ2n) is 6.64. The SMILES string of the molecule is CCNC(=NCC(=O)OC(C)(C)C)NC1CC2CCC1O2. The number of esters is 1. The van der Waals surface area contributed by atoms with Gasteiger partial charge in [0.05, 0.1) is 18.2 Å². The predicted octanol–water partition coefficient (Wildman–Crippen LogP) is 1.20. The summed E-state index contributed by atoms with van der Waals surface area (Å²) < 4.78 is 11.1. The van der Waals surface area contributed by atoms with Gasteiger partial charge >= 0.3 is 5.97 Å². The molecule has 0 aliphatic carbocycles. The Balaban J connectivity index is 1.86. The van der Waals surface area contributed by atoms with Gasteiger partial charge < -0.3 is 20.1 Å². The standard InChI is InChI=1S/C15H27N3O3/c1-5-16-14(17-9-13(19)21-15(2,3)4)18-11-8-10-6-7-12(11)20-10/h10-12H,5-9H2,1-4H3,(H2,16,17,18). The molecule has 6 heteroatoms. The van der Waals surface area contributed by atoms with E-state index in [0.29, 0.717) is 18.1 Å². The van der Waals surface area contributed by atoms with Gasteiger partial charge in [-0.15, -0.1) is 0 Å². The van der Waals surface area contributed by atoms with E-state index in [1.54, 1.807) is 0 Å². The first-order valence-corrected chi connectivity index (χ1v) is 7.79. The van der Waals surface area contributed by atoms with Gasteiger partial charge in [-0.05, 0) is 47.0 Å². The Bertz CT molecular complexity index is 403. The number of ether oxygens (including phenoxy) is 2. The average molecular weight is 297 g/mol. The van der Waals surface area contributed by atoms with Crippen LogP contribution in [0.15, 0.2) is 4.99 Å². The molecule has 2 bridgehead atoms. The van der Waals surface area contributed by atoms with E-state index in [1.165, 1.54) is 0 Å². The van der Waals surface area contributed by atoms with Crippen LogP contribution in [0.3, 0.4) is 0 Å². The summed E-state index contributed by atoms with van der Waals surface area (Å²) in [5.74, 6) is 0.341. The average Bonchev–Trinajstić information content (AvgIpc) is 2.96. The number of nitrogens with one attached hydrogen (secondary N) is 2. The molecular weight excluding hydrogens is 270 g/mol. The Morgan fingerprint density at radius 3 is 2.67 bits per heavy atom. The van der Waals surface area contributed by atoms with Crippen molar-refractivity contribution in [2.24, 2.45) is 4.99 Å². The van der Waals surface area contributed by atoms with Gasteiger partial charge in [0.25, 0.3) is 0 Å². The first kappa shape index (κ1) is 16.1. The number of aliphatic imine (C=N–C) groups is 1. The maximum absolute atomic E-state index is 11.7. The van der Waals surface area contributed by atoms with Crippen molar-refractivity contribution < 1.29 is 14.3 Å². The highest BCUT2D eigenvalue weighted by atomic mass is 16.6. The van der Waals surface area contributed by atoms with Crippen LogP contribution in [0.25, 0.3) is 0 Å². The van der Waals surface area contributed by atoms with Crippen LogP contribution < -0.4 is 10.6 Å². The molecule has 2 fully saturated rings. The van der Waals surface area contributed by atoms with Crippen molar-refractivity contribution in [3.8, 4) is 0 Å². The molecule has 2 saturated heterocycles. The van der Waals surface area contributed by atoms with Gasteiger partial charge in [0.1, 0.15) is 12.1 Å². The number of guanidine groups is 1. The zero-order valence-corrected chi connectivity index (χ0v) is 13.4. The molecule has 2 aliphatic rings. The largest absolute Gasteiger partial charge is 0.459 e. The molecule has 0 spiro atoms. The number of hydrogen-bond donors (Lipinski definition) is 2. The highest BCUT2D eigenvalue weighted by molar-refractivity contribution is 5.83. The Kier molecular flexibility index (Phi) is 5.08. The molecular formula is C15H27N3O3. The fourth-order valence-corrected chi connectivity index (χ4v) is 2.80. The van der Waals surface area contributed by atoms with Crippen LogP contribution in [-0.2, 0) is 14.3 Å². The molecule has 3 atom stereocenters. The van der Waals surface area contributed by atoms with E-state index in [2.05, 4.69) is 15.6 Å². The van der Waals surface area contributed by atoms with Crippen LogP contribution in [0.1, 0.15) is 47.0 Å². The predicted molar refractivity (Wildman–Crippen MR) is 81.3 cm³/mol. The van der Waals surface area contributed by atoms with Gasteiger partial charge in [-0.2, -0.15) is 0 Å². The van der Waals surface area contributed by atoms with Crippen molar-refractivity contribution in [1.29, 1.82) is 0 Å². The summed E-state index contributed by atoms with van der Waals surface area (Å²) in [5.41, 5.74) is -0.475. The van der Waals surface area contributed by atoms with E-state index in [9.17, 15) is 4.79 Å². The summed E-state index contributed by atoms with van der Waals surface area (Å²) in [4.78, 5) is 16.0. The Hall–Kier alpha value is -1.30. The summed E-state index contributed by atoms with van der Waals surface area (Å²) in [6.07, 6.45) is 3.95. The van der Waals surface area contributed by atoms with E-state index in [4.69, 9.17) is 9.47 Å². The molecule has 0 amide bonds. The van der Waals surface area contributed by atoms with Gasteiger partial charge in [-0.1, -0.05) is 0 Å². The zero-order chi connectivity index (χ0) is 15.5. The number of carbonyl (C=O) groups is 1. The van der Waals surface area contributed by atoms with Crippen LogP contribution in [0, 0.1) is 0 Å². The number of fused-ring (bicyclic) bond motifs is 2. The topological polar surface area (TPSA) is 72.0 Å². The number of rotatable bonds is 4. The van der Waals surface area contributed by atoms with Gasteiger partial charge in [0.15, 0.2) is 5.96 Å². The highest BCUT2D eigenvalue weighted by Crippen LogP contribution is 2.34. The third-order valence-electron chi connectivity index (χ3n) is 3.56. The van der Waals surface area contributed by atoms with Crippen molar-refractivity contribution in [1.82, 2.24) is 10.6 Å². The Labute approximate surface area is 126 Å². The minimum Gasteiger partial charge on any atom is -0.459 e. The second-order valence-corrected chi connectivity index (χ2v) is 6.64. The minimum absolute atomic E-state index is 0.0221. The Morgan fingerprint density at radius 2 is 2.14 bits per heavy atom. The normalized spacial score (nSPS) is 28.6. The van der Waals surface area contributed by atoms with Crippen molar-refractivity contribution in [2.75, 3.05) is 13.1 Å². The molecule has 2 heterocycles. The number of nitrogens with zero attached hydrogens (tertiary/aromatic N) is 1. The van der Waals surface area contributed by atoms with Crippen LogP contribution in [0.5, 0.6) is 0 Å². The summed E-state index contributed by atoms with van der Waals surface area (Å²) >= 11 is 0. The number of carbonyl (C=O) groups excluding carboxylic acids is 1. The second kappa shape index (κ2) is 6.64. The summed E-state index contributed by atoms with van der Waals surface area (Å²) in [6, 6.07) is 0.292. The van der Waals surface area contributed by atoms with Crippen molar-refractivity contribution >= 4 is 11.9 Å². The lowest BCUT2D eigenvalue weighted by Gasteiger charge is -2.23. The molecule has 21 heavy (non-hydrogen) atoms. The molecule has 0 saturated carbocycles. The molecule has 2 N–H and O–H groups in total. The summed E-state index contributed by atoms with van der Waals surface area (Å²) in [6.45, 7) is 8.33. The lowest BCUT2D eigenvalue weighted by Crippen LogP contribution is -2.47. The summed E-state index contributed by atoms with van der Waals surface area (Å²) in [5, 5.41) is 6.54. The van der Waals surface area contributed by atoms with E-state index in [-0.39, 0.29) is 18.6 Å². The molecule has 2 rings (SSSR count). The molecule has 0 aromatic carbocycles. The van der Waals surface area contributed by atoms with Crippen molar-refractivity contribution in [3.63, 3.8) is 0 Å². The van der Waals surface area contributed by atoms with E-state index < -0.39 is 5.60 Å². The highest BCUT2D eigenvalue weighted by Gasteiger charge is 2.41.